The molecule has 1 aromatic carbocycles. The molecule has 0 saturated carbocycles. The Bertz CT molecular complexity index is 615. The van der Waals surface area contributed by atoms with Gasteiger partial charge in [0.05, 0.1) is 16.4 Å². The van der Waals surface area contributed by atoms with Crippen LogP contribution in [0.15, 0.2) is 17.0 Å². The Balaban J connectivity index is 3.31. The SMILES string of the molecule is COCCN(C)S(=O)(=O)c1cc([N+](=O)[O-])c(N)cc1C. The zero-order valence-electron chi connectivity index (χ0n) is 11.5. The molecule has 0 heterocycles. The molecule has 0 amide bonds. The highest BCUT2D eigenvalue weighted by molar-refractivity contribution is 7.89. The van der Waals surface area contributed by atoms with Crippen LogP contribution in [0.5, 0.6) is 0 Å². The van der Waals surface area contributed by atoms with Crippen molar-refractivity contribution in [3.05, 3.63) is 27.8 Å². The molecular weight excluding hydrogens is 286 g/mol. The van der Waals surface area contributed by atoms with Gasteiger partial charge in [0.2, 0.25) is 10.0 Å². The second-order valence-electron chi connectivity index (χ2n) is 4.25. The molecule has 0 aromatic heterocycles. The highest BCUT2D eigenvalue weighted by Crippen LogP contribution is 2.29. The number of nitrogens with zero attached hydrogens (tertiary/aromatic N) is 2. The summed E-state index contributed by atoms with van der Waals surface area (Å²) in [4.78, 5) is 10.0. The number of likely N-dealkylation sites (N-methyl/N-ethyl adjacent to an activating group) is 1. The Kier molecular flexibility index (Phi) is 5.03. The molecule has 0 aliphatic rings. The normalized spacial score (nSPS) is 11.8. The van der Waals surface area contributed by atoms with Gasteiger partial charge in [0, 0.05) is 26.8 Å². The van der Waals surface area contributed by atoms with Gasteiger partial charge < -0.3 is 10.5 Å². The van der Waals surface area contributed by atoms with E-state index in [1.165, 1.54) is 27.1 Å². The first kappa shape index (κ1) is 16.3. The number of nitro groups is 1. The van der Waals surface area contributed by atoms with Crippen LogP contribution in [-0.4, -0.2) is 45.0 Å². The Morgan fingerprint density at radius 1 is 1.45 bits per heavy atom. The molecule has 20 heavy (non-hydrogen) atoms. The maximum absolute atomic E-state index is 12.4. The van der Waals surface area contributed by atoms with Crippen LogP contribution in [-0.2, 0) is 14.8 Å². The van der Waals surface area contributed by atoms with Crippen molar-refractivity contribution in [2.75, 3.05) is 33.0 Å². The van der Waals surface area contributed by atoms with E-state index in [9.17, 15) is 18.5 Å². The monoisotopic (exact) mass is 303 g/mol. The van der Waals surface area contributed by atoms with Crippen molar-refractivity contribution in [3.8, 4) is 0 Å². The molecule has 0 bridgehead atoms. The summed E-state index contributed by atoms with van der Waals surface area (Å²) in [6, 6.07) is 2.28. The fourth-order valence-corrected chi connectivity index (χ4v) is 3.02. The summed E-state index contributed by atoms with van der Waals surface area (Å²) in [6.07, 6.45) is 0. The minimum Gasteiger partial charge on any atom is -0.393 e. The van der Waals surface area contributed by atoms with Crippen molar-refractivity contribution < 1.29 is 18.1 Å². The molecule has 0 unspecified atom stereocenters. The third-order valence-corrected chi connectivity index (χ3v) is 4.82. The van der Waals surface area contributed by atoms with Crippen LogP contribution in [0, 0.1) is 17.0 Å². The number of ether oxygens (including phenoxy) is 1. The fourth-order valence-electron chi connectivity index (χ4n) is 1.64. The molecule has 9 heteroatoms. The maximum atomic E-state index is 12.4. The third-order valence-electron chi connectivity index (χ3n) is 2.82. The van der Waals surface area contributed by atoms with Crippen molar-refractivity contribution in [2.24, 2.45) is 0 Å². The van der Waals surface area contributed by atoms with Gasteiger partial charge >= 0.3 is 0 Å². The Morgan fingerprint density at radius 3 is 2.55 bits per heavy atom. The molecule has 0 fully saturated rings. The van der Waals surface area contributed by atoms with Crippen molar-refractivity contribution in [1.82, 2.24) is 4.31 Å². The van der Waals surface area contributed by atoms with Gasteiger partial charge in [-0.15, -0.1) is 0 Å². The second-order valence-corrected chi connectivity index (χ2v) is 6.27. The van der Waals surface area contributed by atoms with E-state index < -0.39 is 20.6 Å². The number of aryl methyl sites for hydroxylation is 1. The summed E-state index contributed by atoms with van der Waals surface area (Å²) in [5.74, 6) is 0. The number of nitrogen functional groups attached to an aromatic ring is 1. The first-order valence-electron chi connectivity index (χ1n) is 5.71. The summed E-state index contributed by atoms with van der Waals surface area (Å²) in [5.41, 5.74) is 5.39. The zero-order chi connectivity index (χ0) is 15.5. The number of sulfonamides is 1. The molecule has 0 aliphatic carbocycles. The van der Waals surface area contributed by atoms with Gasteiger partial charge in [-0.2, -0.15) is 4.31 Å². The molecule has 2 N–H and O–H groups in total. The third kappa shape index (κ3) is 3.24. The van der Waals surface area contributed by atoms with E-state index in [2.05, 4.69) is 0 Å². The summed E-state index contributed by atoms with van der Waals surface area (Å²) >= 11 is 0. The molecule has 1 rings (SSSR count). The minimum absolute atomic E-state index is 0.0639. The van der Waals surface area contributed by atoms with E-state index in [0.29, 0.717) is 5.56 Å². The van der Waals surface area contributed by atoms with Crippen LogP contribution in [0.4, 0.5) is 11.4 Å². The van der Waals surface area contributed by atoms with Crippen molar-refractivity contribution in [1.29, 1.82) is 0 Å². The molecular formula is C11H17N3O5S. The van der Waals surface area contributed by atoms with Crippen LogP contribution in [0.25, 0.3) is 0 Å². The topological polar surface area (TPSA) is 116 Å². The van der Waals surface area contributed by atoms with Gasteiger partial charge in [0.25, 0.3) is 5.69 Å². The number of rotatable bonds is 6. The van der Waals surface area contributed by atoms with Gasteiger partial charge in [-0.25, -0.2) is 8.42 Å². The molecule has 0 radical (unpaired) electrons. The van der Waals surface area contributed by atoms with Crippen LogP contribution in [0.3, 0.4) is 0 Å². The van der Waals surface area contributed by atoms with Crippen LogP contribution in [0.1, 0.15) is 5.56 Å². The lowest BCUT2D eigenvalue weighted by atomic mass is 10.2. The number of hydrogen-bond donors (Lipinski definition) is 1. The minimum atomic E-state index is -3.82. The number of hydrogen-bond acceptors (Lipinski definition) is 6. The van der Waals surface area contributed by atoms with Crippen molar-refractivity contribution in [3.63, 3.8) is 0 Å². The van der Waals surface area contributed by atoms with Gasteiger partial charge in [-0.3, -0.25) is 10.1 Å². The first-order chi connectivity index (χ1) is 9.21. The smallest absolute Gasteiger partial charge is 0.293 e. The average molecular weight is 303 g/mol. The number of benzene rings is 1. The van der Waals surface area contributed by atoms with Crippen LogP contribution >= 0.6 is 0 Å². The highest BCUT2D eigenvalue weighted by atomic mass is 32.2. The van der Waals surface area contributed by atoms with E-state index in [0.717, 1.165) is 10.4 Å². The Hall–Kier alpha value is -1.71. The largest absolute Gasteiger partial charge is 0.393 e. The molecule has 0 atom stereocenters. The average Bonchev–Trinajstić information content (AvgIpc) is 2.34. The maximum Gasteiger partial charge on any atom is 0.293 e. The van der Waals surface area contributed by atoms with Gasteiger partial charge in [0.1, 0.15) is 5.69 Å². The van der Waals surface area contributed by atoms with E-state index in [4.69, 9.17) is 10.5 Å². The first-order valence-corrected chi connectivity index (χ1v) is 7.15. The standard InChI is InChI=1S/C11H17N3O5S/c1-8-6-9(12)10(14(15)16)7-11(8)20(17,18)13(2)4-5-19-3/h6-7H,4-5,12H2,1-3H3. The number of anilines is 1. The van der Waals surface area contributed by atoms with Gasteiger partial charge in [0.15, 0.2) is 0 Å². The predicted octanol–water partition coefficient (Wildman–Crippen LogP) is 0.752. The van der Waals surface area contributed by atoms with E-state index in [1.807, 2.05) is 0 Å². The summed E-state index contributed by atoms with van der Waals surface area (Å²) in [6.45, 7) is 1.92. The lowest BCUT2D eigenvalue weighted by Gasteiger charge is -2.18. The number of nitrogens with two attached hydrogens (primary N) is 1. The summed E-state index contributed by atoms with van der Waals surface area (Å²) in [5, 5.41) is 10.9. The van der Waals surface area contributed by atoms with E-state index in [1.54, 1.807) is 0 Å². The molecule has 8 nitrogen and oxygen atoms in total. The Morgan fingerprint density at radius 2 is 2.05 bits per heavy atom. The highest BCUT2D eigenvalue weighted by Gasteiger charge is 2.26. The second kappa shape index (κ2) is 6.16. The number of methoxy groups -OCH3 is 1. The van der Waals surface area contributed by atoms with Gasteiger partial charge in [-0.1, -0.05) is 0 Å². The summed E-state index contributed by atoms with van der Waals surface area (Å²) in [7, 11) is -0.978. The van der Waals surface area contributed by atoms with Crippen LogP contribution < -0.4 is 5.73 Å². The van der Waals surface area contributed by atoms with Crippen molar-refractivity contribution >= 4 is 21.4 Å². The lowest BCUT2D eigenvalue weighted by molar-refractivity contribution is -0.384. The molecule has 112 valence electrons. The molecule has 0 aliphatic heterocycles. The van der Waals surface area contributed by atoms with Crippen molar-refractivity contribution in [2.45, 2.75) is 11.8 Å². The van der Waals surface area contributed by atoms with E-state index >= 15 is 0 Å². The zero-order valence-corrected chi connectivity index (χ0v) is 12.3. The quantitative estimate of drug-likeness (QED) is 0.471. The molecule has 0 spiro atoms. The van der Waals surface area contributed by atoms with Gasteiger partial charge in [-0.05, 0) is 18.6 Å². The fraction of sp³-hybridized carbons (Fsp3) is 0.455. The lowest BCUT2D eigenvalue weighted by Crippen LogP contribution is -2.30. The predicted molar refractivity (Wildman–Crippen MR) is 73.9 cm³/mol. The summed E-state index contributed by atoms with van der Waals surface area (Å²) < 4.78 is 30.6. The van der Waals surface area contributed by atoms with Crippen LogP contribution in [0.2, 0.25) is 0 Å². The molecule has 1 aromatic rings. The molecule has 0 saturated heterocycles. The number of nitro benzene ring substituents is 1. The Labute approximate surface area is 117 Å². The van der Waals surface area contributed by atoms with E-state index in [-0.39, 0.29) is 23.7 Å².